The molecular weight excluding hydrogens is 418 g/mol. The third-order valence-electron chi connectivity index (χ3n) is 5.37. The number of benzene rings is 2. The number of nitrogens with zero attached hydrogens (tertiary/aromatic N) is 1. The summed E-state index contributed by atoms with van der Waals surface area (Å²) in [5, 5.41) is 0.754. The molecule has 1 aromatic heterocycles. The fraction of sp³-hybridized carbons (Fsp3) is 0.304. The summed E-state index contributed by atoms with van der Waals surface area (Å²) in [6.45, 7) is 4.12. The predicted molar refractivity (Wildman–Crippen MR) is 117 cm³/mol. The van der Waals surface area contributed by atoms with Gasteiger partial charge in [0.2, 0.25) is 5.91 Å². The van der Waals surface area contributed by atoms with Crippen molar-refractivity contribution in [3.8, 4) is 5.75 Å². The molecule has 0 saturated carbocycles. The molecule has 2 aromatic carbocycles. The van der Waals surface area contributed by atoms with Crippen molar-refractivity contribution in [3.05, 3.63) is 64.0 Å². The number of fused-ring (bicyclic) bond motifs is 2. The van der Waals surface area contributed by atoms with E-state index in [1.165, 1.54) is 25.1 Å². The quantitative estimate of drug-likeness (QED) is 0.441. The van der Waals surface area contributed by atoms with Gasteiger partial charge in [-0.05, 0) is 60.7 Å². The zero-order valence-electron chi connectivity index (χ0n) is 17.4. The molecule has 4 rings (SSSR count). The highest BCUT2D eigenvalue weighted by atomic mass is 32.2. The Balaban J connectivity index is 1.67. The molecule has 0 N–H and O–H groups in total. The van der Waals surface area contributed by atoms with Gasteiger partial charge in [0.05, 0.1) is 0 Å². The zero-order valence-corrected chi connectivity index (χ0v) is 18.2. The third-order valence-corrected chi connectivity index (χ3v) is 6.61. The first-order chi connectivity index (χ1) is 14.8. The van der Waals surface area contributed by atoms with Gasteiger partial charge < -0.3 is 13.5 Å². The van der Waals surface area contributed by atoms with E-state index in [9.17, 15) is 18.0 Å². The molecule has 0 bridgehead atoms. The first-order valence-corrected chi connectivity index (χ1v) is 11.6. The van der Waals surface area contributed by atoms with Gasteiger partial charge in [-0.2, -0.15) is 8.42 Å². The van der Waals surface area contributed by atoms with Gasteiger partial charge in [0.15, 0.2) is 0 Å². The van der Waals surface area contributed by atoms with E-state index in [-0.39, 0.29) is 22.1 Å². The van der Waals surface area contributed by atoms with Crippen LogP contribution in [-0.2, 0) is 27.8 Å². The summed E-state index contributed by atoms with van der Waals surface area (Å²) in [7, 11) is -4.11. The lowest BCUT2D eigenvalue weighted by molar-refractivity contribution is -0.116. The van der Waals surface area contributed by atoms with Gasteiger partial charge in [0.25, 0.3) is 0 Å². The summed E-state index contributed by atoms with van der Waals surface area (Å²) in [5.41, 5.74) is 2.17. The van der Waals surface area contributed by atoms with Crippen molar-refractivity contribution in [2.45, 2.75) is 44.4 Å². The molecule has 7 nitrogen and oxygen atoms in total. The Morgan fingerprint density at radius 3 is 2.71 bits per heavy atom. The van der Waals surface area contributed by atoms with Crippen LogP contribution in [0.4, 0.5) is 5.69 Å². The normalized spacial score (nSPS) is 13.8. The molecule has 1 aliphatic heterocycles. The lowest BCUT2D eigenvalue weighted by Gasteiger charge is -2.28. The number of hydrogen-bond acceptors (Lipinski definition) is 6. The lowest BCUT2D eigenvalue weighted by atomic mass is 10.0. The fourth-order valence-corrected chi connectivity index (χ4v) is 4.94. The monoisotopic (exact) mass is 441 g/mol. The number of rotatable bonds is 5. The SMILES string of the molecule is CCCc1cc(=O)oc2cc(OS(=O)(=O)c3ccc4c(c3)CCCN4C(C)=O)ccc12. The van der Waals surface area contributed by atoms with Crippen LogP contribution < -0.4 is 14.7 Å². The Bertz CT molecular complexity index is 1330. The van der Waals surface area contributed by atoms with Crippen LogP contribution in [0.1, 0.15) is 37.8 Å². The predicted octanol–water partition coefficient (Wildman–Crippen LogP) is 3.81. The van der Waals surface area contributed by atoms with Crippen LogP contribution in [0.5, 0.6) is 5.75 Å². The zero-order chi connectivity index (χ0) is 22.2. The van der Waals surface area contributed by atoms with E-state index in [4.69, 9.17) is 8.60 Å². The van der Waals surface area contributed by atoms with Crippen molar-refractivity contribution >= 4 is 32.7 Å². The smallest absolute Gasteiger partial charge is 0.339 e. The second kappa shape index (κ2) is 8.19. The van der Waals surface area contributed by atoms with Crippen LogP contribution in [-0.4, -0.2) is 20.9 Å². The molecular formula is C23H23NO6S. The van der Waals surface area contributed by atoms with Gasteiger partial charge in [-0.15, -0.1) is 0 Å². The minimum absolute atomic E-state index is 0.0120. The topological polar surface area (TPSA) is 93.9 Å². The average molecular weight is 442 g/mol. The van der Waals surface area contributed by atoms with E-state index in [1.807, 2.05) is 6.92 Å². The Hall–Kier alpha value is -3.13. The van der Waals surface area contributed by atoms with Crippen LogP contribution >= 0.6 is 0 Å². The highest BCUT2D eigenvalue weighted by Crippen LogP contribution is 2.31. The van der Waals surface area contributed by atoms with E-state index < -0.39 is 15.7 Å². The number of hydrogen-bond donors (Lipinski definition) is 0. The number of anilines is 1. The fourth-order valence-electron chi connectivity index (χ4n) is 3.97. The van der Waals surface area contributed by atoms with Gasteiger partial charge in [-0.3, -0.25) is 4.79 Å². The van der Waals surface area contributed by atoms with Crippen molar-refractivity contribution in [1.82, 2.24) is 0 Å². The van der Waals surface area contributed by atoms with Gasteiger partial charge in [0.1, 0.15) is 16.2 Å². The summed E-state index contributed by atoms with van der Waals surface area (Å²) in [5.74, 6) is -0.0136. The van der Waals surface area contributed by atoms with Gasteiger partial charge >= 0.3 is 15.7 Å². The number of amides is 1. The minimum atomic E-state index is -4.11. The summed E-state index contributed by atoms with van der Waals surface area (Å²) < 4.78 is 36.3. The molecule has 8 heteroatoms. The molecule has 1 amide bonds. The number of aryl methyl sites for hydroxylation is 2. The Kier molecular flexibility index (Phi) is 5.58. The van der Waals surface area contributed by atoms with Gasteiger partial charge in [0, 0.05) is 36.7 Å². The Morgan fingerprint density at radius 1 is 1.16 bits per heavy atom. The van der Waals surface area contributed by atoms with Crippen molar-refractivity contribution < 1.29 is 21.8 Å². The van der Waals surface area contributed by atoms with Crippen LogP contribution in [0, 0.1) is 0 Å². The van der Waals surface area contributed by atoms with E-state index in [0.717, 1.165) is 35.0 Å². The largest absolute Gasteiger partial charge is 0.423 e. The number of carbonyl (C=O) groups excluding carboxylic acids is 1. The molecule has 0 saturated heterocycles. The number of carbonyl (C=O) groups is 1. The second-order valence-electron chi connectivity index (χ2n) is 7.60. The van der Waals surface area contributed by atoms with Crippen molar-refractivity contribution in [2.75, 3.05) is 11.4 Å². The van der Waals surface area contributed by atoms with E-state index >= 15 is 0 Å². The first-order valence-electron chi connectivity index (χ1n) is 10.2. The lowest BCUT2D eigenvalue weighted by Crippen LogP contribution is -2.33. The third kappa shape index (κ3) is 4.20. The van der Waals surface area contributed by atoms with Crippen molar-refractivity contribution in [2.24, 2.45) is 0 Å². The molecule has 162 valence electrons. The maximum Gasteiger partial charge on any atom is 0.339 e. The Morgan fingerprint density at radius 2 is 1.97 bits per heavy atom. The van der Waals surface area contributed by atoms with Gasteiger partial charge in [-0.25, -0.2) is 4.79 Å². The van der Waals surface area contributed by atoms with E-state index in [0.29, 0.717) is 19.4 Å². The molecule has 1 aliphatic rings. The average Bonchev–Trinajstić information content (AvgIpc) is 2.72. The maximum atomic E-state index is 12.9. The molecule has 0 aliphatic carbocycles. The first kappa shape index (κ1) is 21.1. The molecule has 0 spiro atoms. The van der Waals surface area contributed by atoms with Gasteiger partial charge in [-0.1, -0.05) is 13.3 Å². The second-order valence-corrected chi connectivity index (χ2v) is 9.15. The summed E-state index contributed by atoms with van der Waals surface area (Å²) in [4.78, 5) is 25.3. The highest BCUT2D eigenvalue weighted by Gasteiger charge is 2.24. The van der Waals surface area contributed by atoms with E-state index in [1.54, 1.807) is 29.2 Å². The molecule has 2 heterocycles. The van der Waals surface area contributed by atoms with Crippen LogP contribution in [0.15, 0.2) is 56.6 Å². The highest BCUT2D eigenvalue weighted by molar-refractivity contribution is 7.87. The molecule has 0 unspecified atom stereocenters. The van der Waals surface area contributed by atoms with Crippen LogP contribution in [0.25, 0.3) is 11.0 Å². The molecule has 0 fully saturated rings. The van der Waals surface area contributed by atoms with Crippen LogP contribution in [0.2, 0.25) is 0 Å². The van der Waals surface area contributed by atoms with Crippen LogP contribution in [0.3, 0.4) is 0 Å². The molecule has 0 atom stereocenters. The molecule has 0 radical (unpaired) electrons. The minimum Gasteiger partial charge on any atom is -0.423 e. The molecule has 31 heavy (non-hydrogen) atoms. The Labute approximate surface area is 180 Å². The standard InChI is InChI=1S/C23H23NO6S/c1-3-5-16-13-23(26)29-22-14-18(7-9-20(16)22)30-31(27,28)19-8-10-21-17(12-19)6-4-11-24(21)15(2)25/h7-10,12-14H,3-6,11H2,1-2H3. The van der Waals surface area contributed by atoms with Crippen molar-refractivity contribution in [1.29, 1.82) is 0 Å². The van der Waals surface area contributed by atoms with Crippen molar-refractivity contribution in [3.63, 3.8) is 0 Å². The summed E-state index contributed by atoms with van der Waals surface area (Å²) >= 11 is 0. The van der Waals surface area contributed by atoms with E-state index in [2.05, 4.69) is 0 Å². The molecule has 3 aromatic rings. The maximum absolute atomic E-state index is 12.9. The summed E-state index contributed by atoms with van der Waals surface area (Å²) in [6.07, 6.45) is 3.03. The summed E-state index contributed by atoms with van der Waals surface area (Å²) in [6, 6.07) is 10.8.